The first-order valence-electron chi connectivity index (χ1n) is 4.93. The molecule has 0 aliphatic carbocycles. The van der Waals surface area contributed by atoms with Crippen LogP contribution in [0.5, 0.6) is 5.75 Å². The zero-order valence-electron chi connectivity index (χ0n) is 9.28. The molecule has 0 radical (unpaired) electrons. The third-order valence-electron chi connectivity index (χ3n) is 2.18. The predicted molar refractivity (Wildman–Crippen MR) is 60.5 cm³/mol. The van der Waals surface area contributed by atoms with Crippen LogP contribution < -0.4 is 4.74 Å². The lowest BCUT2D eigenvalue weighted by molar-refractivity contribution is 0.386. The van der Waals surface area contributed by atoms with Gasteiger partial charge in [0.1, 0.15) is 5.38 Å². The van der Waals surface area contributed by atoms with Gasteiger partial charge in [-0.3, -0.25) is 0 Å². The van der Waals surface area contributed by atoms with E-state index in [1.165, 1.54) is 19.2 Å². The van der Waals surface area contributed by atoms with Gasteiger partial charge in [0, 0.05) is 5.56 Å². The quantitative estimate of drug-likeness (QED) is 0.792. The van der Waals surface area contributed by atoms with Crippen molar-refractivity contribution in [2.24, 2.45) is 0 Å². The van der Waals surface area contributed by atoms with Gasteiger partial charge in [0.25, 0.3) is 0 Å². The molecule has 0 aliphatic rings. The maximum absolute atomic E-state index is 13.5. The number of alkyl halides is 1. The largest absolute Gasteiger partial charge is 0.494 e. The van der Waals surface area contributed by atoms with Crippen LogP contribution in [0.1, 0.15) is 18.2 Å². The van der Waals surface area contributed by atoms with Crippen molar-refractivity contribution >= 4 is 11.6 Å². The Morgan fingerprint density at radius 3 is 2.71 bits per heavy atom. The SMILES string of the molecule is COc1ccc(-c2nnc(C(C)Cl)o2)cc1F. The Morgan fingerprint density at radius 2 is 2.18 bits per heavy atom. The fourth-order valence-corrected chi connectivity index (χ4v) is 1.40. The molecule has 1 unspecified atom stereocenters. The molecule has 1 atom stereocenters. The van der Waals surface area contributed by atoms with Crippen molar-refractivity contribution in [1.82, 2.24) is 10.2 Å². The second-order valence-corrected chi connectivity index (χ2v) is 4.07. The van der Waals surface area contributed by atoms with E-state index in [9.17, 15) is 4.39 Å². The molecule has 0 N–H and O–H groups in total. The van der Waals surface area contributed by atoms with Gasteiger partial charge in [0.15, 0.2) is 11.6 Å². The average molecular weight is 257 g/mol. The van der Waals surface area contributed by atoms with Gasteiger partial charge in [-0.2, -0.15) is 0 Å². The zero-order chi connectivity index (χ0) is 12.4. The van der Waals surface area contributed by atoms with Crippen LogP contribution in [0.15, 0.2) is 22.6 Å². The molecular weight excluding hydrogens is 247 g/mol. The van der Waals surface area contributed by atoms with Gasteiger partial charge in [-0.05, 0) is 25.1 Å². The van der Waals surface area contributed by atoms with E-state index in [1.807, 2.05) is 0 Å². The summed E-state index contributed by atoms with van der Waals surface area (Å²) in [4.78, 5) is 0. The molecule has 0 bridgehead atoms. The third kappa shape index (κ3) is 2.39. The highest BCUT2D eigenvalue weighted by molar-refractivity contribution is 6.20. The Bertz CT molecular complexity index is 528. The molecule has 1 aromatic heterocycles. The molecule has 0 saturated carbocycles. The van der Waals surface area contributed by atoms with Crippen LogP contribution in [0.25, 0.3) is 11.5 Å². The Balaban J connectivity index is 2.36. The van der Waals surface area contributed by atoms with Crippen molar-refractivity contribution in [2.45, 2.75) is 12.3 Å². The molecule has 0 amide bonds. The van der Waals surface area contributed by atoms with Gasteiger partial charge >= 0.3 is 0 Å². The van der Waals surface area contributed by atoms with Crippen molar-refractivity contribution in [2.75, 3.05) is 7.11 Å². The average Bonchev–Trinajstić information content (AvgIpc) is 2.78. The highest BCUT2D eigenvalue weighted by Crippen LogP contribution is 2.26. The molecule has 2 rings (SSSR count). The van der Waals surface area contributed by atoms with Crippen molar-refractivity contribution in [3.05, 3.63) is 29.9 Å². The molecule has 1 aromatic carbocycles. The van der Waals surface area contributed by atoms with Gasteiger partial charge in [-0.15, -0.1) is 21.8 Å². The summed E-state index contributed by atoms with van der Waals surface area (Å²) in [5.41, 5.74) is 0.486. The van der Waals surface area contributed by atoms with E-state index >= 15 is 0 Å². The van der Waals surface area contributed by atoms with Crippen molar-refractivity contribution < 1.29 is 13.5 Å². The van der Waals surface area contributed by atoms with Crippen LogP contribution in [-0.2, 0) is 0 Å². The van der Waals surface area contributed by atoms with Gasteiger partial charge in [-0.1, -0.05) is 0 Å². The van der Waals surface area contributed by atoms with Crippen molar-refractivity contribution in [3.8, 4) is 17.2 Å². The molecule has 0 spiro atoms. The van der Waals surface area contributed by atoms with E-state index in [1.54, 1.807) is 13.0 Å². The van der Waals surface area contributed by atoms with Gasteiger partial charge in [0.05, 0.1) is 7.11 Å². The lowest BCUT2D eigenvalue weighted by atomic mass is 10.2. The number of benzene rings is 1. The lowest BCUT2D eigenvalue weighted by Crippen LogP contribution is -1.88. The zero-order valence-corrected chi connectivity index (χ0v) is 10.0. The Hall–Kier alpha value is -1.62. The smallest absolute Gasteiger partial charge is 0.247 e. The van der Waals surface area contributed by atoms with Crippen LogP contribution >= 0.6 is 11.6 Å². The van der Waals surface area contributed by atoms with Crippen LogP contribution in [0.4, 0.5) is 4.39 Å². The standard InChI is InChI=1S/C11H10ClFN2O2/c1-6(12)10-14-15-11(17-10)7-3-4-9(16-2)8(13)5-7/h3-6H,1-2H3. The summed E-state index contributed by atoms with van der Waals surface area (Å²) < 4.78 is 23.6. The summed E-state index contributed by atoms with van der Waals surface area (Å²) in [6, 6.07) is 4.41. The number of aromatic nitrogens is 2. The van der Waals surface area contributed by atoms with Crippen LogP contribution in [0.2, 0.25) is 0 Å². The van der Waals surface area contributed by atoms with Crippen LogP contribution in [-0.4, -0.2) is 17.3 Å². The minimum atomic E-state index is -0.483. The summed E-state index contributed by atoms with van der Waals surface area (Å²) >= 11 is 5.79. The molecular formula is C11H10ClFN2O2. The predicted octanol–water partition coefficient (Wildman–Crippen LogP) is 3.18. The van der Waals surface area contributed by atoms with Gasteiger partial charge in [0.2, 0.25) is 11.8 Å². The second kappa shape index (κ2) is 4.71. The highest BCUT2D eigenvalue weighted by atomic mass is 35.5. The minimum Gasteiger partial charge on any atom is -0.494 e. The Labute approximate surface area is 102 Å². The Morgan fingerprint density at radius 1 is 1.41 bits per heavy atom. The third-order valence-corrected chi connectivity index (χ3v) is 2.37. The molecule has 1 heterocycles. The van der Waals surface area contributed by atoms with E-state index in [0.717, 1.165) is 0 Å². The van der Waals surface area contributed by atoms with Crippen molar-refractivity contribution in [3.63, 3.8) is 0 Å². The molecule has 2 aromatic rings. The minimum absolute atomic E-state index is 0.166. The first kappa shape index (κ1) is 11.9. The Kier molecular flexibility index (Phi) is 3.28. The van der Waals surface area contributed by atoms with E-state index in [0.29, 0.717) is 11.5 Å². The second-order valence-electron chi connectivity index (χ2n) is 3.41. The fourth-order valence-electron chi connectivity index (χ4n) is 1.31. The van der Waals surface area contributed by atoms with Crippen LogP contribution in [0, 0.1) is 5.82 Å². The molecule has 6 heteroatoms. The number of hydrogen-bond acceptors (Lipinski definition) is 4. The molecule has 17 heavy (non-hydrogen) atoms. The maximum Gasteiger partial charge on any atom is 0.247 e. The van der Waals surface area contributed by atoms with Crippen LogP contribution in [0.3, 0.4) is 0 Å². The summed E-state index contributed by atoms with van der Waals surface area (Å²) in [5, 5.41) is 7.18. The van der Waals surface area contributed by atoms with Crippen molar-refractivity contribution in [1.29, 1.82) is 0 Å². The summed E-state index contributed by atoms with van der Waals surface area (Å²) in [6.45, 7) is 1.72. The summed E-state index contributed by atoms with van der Waals surface area (Å²) in [6.07, 6.45) is 0. The number of hydrogen-bond donors (Lipinski definition) is 0. The van der Waals surface area contributed by atoms with E-state index < -0.39 is 5.82 Å². The summed E-state index contributed by atoms with van der Waals surface area (Å²) in [5.74, 6) is 0.217. The number of methoxy groups -OCH3 is 1. The highest BCUT2D eigenvalue weighted by Gasteiger charge is 2.14. The summed E-state index contributed by atoms with van der Waals surface area (Å²) in [7, 11) is 1.40. The fraction of sp³-hybridized carbons (Fsp3) is 0.273. The maximum atomic E-state index is 13.5. The molecule has 4 nitrogen and oxygen atoms in total. The van der Waals surface area contributed by atoms with E-state index in [2.05, 4.69) is 10.2 Å². The van der Waals surface area contributed by atoms with Gasteiger partial charge < -0.3 is 9.15 Å². The topological polar surface area (TPSA) is 48.2 Å². The van der Waals surface area contributed by atoms with E-state index in [-0.39, 0.29) is 17.0 Å². The molecule has 0 aliphatic heterocycles. The number of ether oxygens (including phenoxy) is 1. The molecule has 90 valence electrons. The lowest BCUT2D eigenvalue weighted by Gasteiger charge is -2.02. The number of halogens is 2. The van der Waals surface area contributed by atoms with Gasteiger partial charge in [-0.25, -0.2) is 4.39 Å². The monoisotopic (exact) mass is 256 g/mol. The molecule has 0 saturated heterocycles. The normalized spacial score (nSPS) is 12.5. The first-order valence-corrected chi connectivity index (χ1v) is 5.37. The van der Waals surface area contributed by atoms with E-state index in [4.69, 9.17) is 20.8 Å². The number of rotatable bonds is 3. The molecule has 0 fully saturated rings. The first-order chi connectivity index (χ1) is 8.11. The number of nitrogens with zero attached hydrogens (tertiary/aromatic N) is 2.